The smallest absolute Gasteiger partial charge is 0.103 e. The van der Waals surface area contributed by atoms with Crippen LogP contribution in [0, 0.1) is 17.2 Å². The maximum atomic E-state index is 9.60. The van der Waals surface area contributed by atoms with E-state index >= 15 is 0 Å². The molecule has 0 saturated carbocycles. The van der Waals surface area contributed by atoms with Gasteiger partial charge in [0.05, 0.1) is 30.0 Å². The number of para-hydroxylation sites is 1. The zero-order valence-corrected chi connectivity index (χ0v) is 14.5. The monoisotopic (exact) mass is 336 g/mol. The second kappa shape index (κ2) is 7.38. The van der Waals surface area contributed by atoms with E-state index in [1.165, 1.54) is 12.8 Å². The van der Waals surface area contributed by atoms with E-state index in [-0.39, 0.29) is 0 Å². The van der Waals surface area contributed by atoms with Gasteiger partial charge in [0.15, 0.2) is 0 Å². The van der Waals surface area contributed by atoms with Crippen LogP contribution in [0.15, 0.2) is 30.5 Å². The lowest BCUT2D eigenvalue weighted by Crippen LogP contribution is -2.44. The molecule has 2 aliphatic heterocycles. The molecule has 0 bridgehead atoms. The highest BCUT2D eigenvalue weighted by molar-refractivity contribution is 5.94. The second-order valence-corrected chi connectivity index (χ2v) is 7.02. The minimum atomic E-state index is 0.644. The summed E-state index contributed by atoms with van der Waals surface area (Å²) in [5, 5.41) is 10.7. The number of morpholine rings is 1. The first-order valence-electron chi connectivity index (χ1n) is 9.18. The molecule has 130 valence electrons. The average molecular weight is 336 g/mol. The fourth-order valence-corrected chi connectivity index (χ4v) is 4.12. The van der Waals surface area contributed by atoms with Gasteiger partial charge in [-0.3, -0.25) is 9.88 Å². The number of nitrogens with zero attached hydrogens (tertiary/aromatic N) is 4. The van der Waals surface area contributed by atoms with Crippen LogP contribution in [0.1, 0.15) is 18.4 Å². The number of piperidine rings is 1. The van der Waals surface area contributed by atoms with Gasteiger partial charge >= 0.3 is 0 Å². The molecule has 5 heteroatoms. The molecule has 0 radical (unpaired) electrons. The predicted octanol–water partition coefficient (Wildman–Crippen LogP) is 2.66. The van der Waals surface area contributed by atoms with Gasteiger partial charge in [0.2, 0.25) is 0 Å². The number of hydrogen-bond acceptors (Lipinski definition) is 5. The fourth-order valence-electron chi connectivity index (χ4n) is 4.12. The average Bonchev–Trinajstić information content (AvgIpc) is 2.68. The summed E-state index contributed by atoms with van der Waals surface area (Å²) in [6.07, 6.45) is 4.17. The Morgan fingerprint density at radius 3 is 2.88 bits per heavy atom. The Hall–Kier alpha value is -2.16. The van der Waals surface area contributed by atoms with Gasteiger partial charge in [-0.15, -0.1) is 0 Å². The molecule has 0 spiro atoms. The molecule has 1 unspecified atom stereocenters. The van der Waals surface area contributed by atoms with Crippen LogP contribution in [-0.2, 0) is 4.74 Å². The van der Waals surface area contributed by atoms with Crippen LogP contribution in [0.25, 0.3) is 10.9 Å². The number of pyridine rings is 1. The van der Waals surface area contributed by atoms with Gasteiger partial charge in [-0.1, -0.05) is 18.2 Å². The zero-order chi connectivity index (χ0) is 17.1. The fraction of sp³-hybridized carbons (Fsp3) is 0.500. The molecular formula is C20H24N4O. The van der Waals surface area contributed by atoms with Crippen molar-refractivity contribution < 1.29 is 4.74 Å². The molecule has 2 saturated heterocycles. The third kappa shape index (κ3) is 3.46. The van der Waals surface area contributed by atoms with E-state index < -0.39 is 0 Å². The van der Waals surface area contributed by atoms with Crippen LogP contribution in [0.4, 0.5) is 5.69 Å². The number of anilines is 1. The number of ether oxygens (including phenoxy) is 1. The van der Waals surface area contributed by atoms with Crippen LogP contribution >= 0.6 is 0 Å². The minimum absolute atomic E-state index is 0.644. The molecule has 5 nitrogen and oxygen atoms in total. The highest BCUT2D eigenvalue weighted by atomic mass is 16.5. The largest absolute Gasteiger partial charge is 0.379 e. The zero-order valence-electron chi connectivity index (χ0n) is 14.5. The van der Waals surface area contributed by atoms with Crippen molar-refractivity contribution >= 4 is 16.6 Å². The van der Waals surface area contributed by atoms with Crippen molar-refractivity contribution in [3.05, 3.63) is 36.0 Å². The first-order valence-corrected chi connectivity index (χ1v) is 9.18. The minimum Gasteiger partial charge on any atom is -0.379 e. The molecule has 2 fully saturated rings. The van der Waals surface area contributed by atoms with E-state index in [4.69, 9.17) is 4.74 Å². The van der Waals surface area contributed by atoms with Gasteiger partial charge in [-0.05, 0) is 24.8 Å². The molecule has 2 aliphatic rings. The van der Waals surface area contributed by atoms with Crippen molar-refractivity contribution in [2.45, 2.75) is 12.8 Å². The van der Waals surface area contributed by atoms with Crippen molar-refractivity contribution in [2.24, 2.45) is 5.92 Å². The molecule has 0 aliphatic carbocycles. The van der Waals surface area contributed by atoms with Crippen molar-refractivity contribution in [3.8, 4) is 6.07 Å². The van der Waals surface area contributed by atoms with E-state index in [1.54, 1.807) is 6.20 Å². The maximum absolute atomic E-state index is 9.60. The summed E-state index contributed by atoms with van der Waals surface area (Å²) >= 11 is 0. The molecule has 0 N–H and O–H groups in total. The Labute approximate surface area is 148 Å². The summed E-state index contributed by atoms with van der Waals surface area (Å²) in [5.74, 6) is 0.644. The van der Waals surface area contributed by atoms with Gasteiger partial charge in [-0.25, -0.2) is 0 Å². The molecule has 1 atom stereocenters. The van der Waals surface area contributed by atoms with Gasteiger partial charge in [0.1, 0.15) is 6.07 Å². The Kier molecular flexibility index (Phi) is 4.82. The summed E-state index contributed by atoms with van der Waals surface area (Å²) in [6, 6.07) is 10.5. The van der Waals surface area contributed by atoms with Crippen molar-refractivity contribution in [3.63, 3.8) is 0 Å². The summed E-state index contributed by atoms with van der Waals surface area (Å²) in [7, 11) is 0. The molecule has 4 rings (SSSR count). The van der Waals surface area contributed by atoms with Gasteiger partial charge < -0.3 is 9.64 Å². The van der Waals surface area contributed by atoms with Gasteiger partial charge in [0.25, 0.3) is 0 Å². The summed E-state index contributed by atoms with van der Waals surface area (Å²) in [5.41, 5.74) is 2.72. The maximum Gasteiger partial charge on any atom is 0.103 e. The van der Waals surface area contributed by atoms with E-state index in [9.17, 15) is 5.26 Å². The molecule has 1 aromatic carbocycles. The van der Waals surface area contributed by atoms with Gasteiger partial charge in [-0.2, -0.15) is 5.26 Å². The molecule has 1 aromatic heterocycles. The lowest BCUT2D eigenvalue weighted by Gasteiger charge is -2.38. The number of hydrogen-bond donors (Lipinski definition) is 0. The summed E-state index contributed by atoms with van der Waals surface area (Å²) < 4.78 is 5.46. The molecule has 3 heterocycles. The Morgan fingerprint density at radius 2 is 2.04 bits per heavy atom. The van der Waals surface area contributed by atoms with Crippen molar-refractivity contribution in [1.29, 1.82) is 5.26 Å². The Bertz CT molecular complexity index is 779. The van der Waals surface area contributed by atoms with Crippen molar-refractivity contribution in [2.75, 3.05) is 50.8 Å². The van der Waals surface area contributed by atoms with Crippen LogP contribution in [-0.4, -0.2) is 55.8 Å². The van der Waals surface area contributed by atoms with Crippen molar-refractivity contribution in [1.82, 2.24) is 9.88 Å². The first-order chi connectivity index (χ1) is 12.3. The van der Waals surface area contributed by atoms with Crippen LogP contribution in [0.5, 0.6) is 0 Å². The molecule has 25 heavy (non-hydrogen) atoms. The SMILES string of the molecule is N#Cc1cnc2ccccc2c1N1CCCC(CN2CCOCC2)C1. The standard InChI is InChI=1S/C20H24N4O/c21-12-17-13-22-19-6-2-1-5-18(19)20(17)24-7-3-4-16(15-24)14-23-8-10-25-11-9-23/h1-2,5-6,13,16H,3-4,7-11,14-15H2. The highest BCUT2D eigenvalue weighted by Gasteiger charge is 2.25. The number of nitriles is 1. The number of rotatable bonds is 3. The molecule has 0 amide bonds. The van der Waals surface area contributed by atoms with E-state index in [2.05, 4.69) is 26.9 Å². The lowest BCUT2D eigenvalue weighted by molar-refractivity contribution is 0.0296. The third-order valence-corrected chi connectivity index (χ3v) is 5.32. The van der Waals surface area contributed by atoms with Gasteiger partial charge in [0, 0.05) is 44.3 Å². The highest BCUT2D eigenvalue weighted by Crippen LogP contribution is 2.32. The molecule has 2 aromatic rings. The van der Waals surface area contributed by atoms with E-state index in [1.807, 2.05) is 18.2 Å². The number of fused-ring (bicyclic) bond motifs is 1. The predicted molar refractivity (Wildman–Crippen MR) is 98.7 cm³/mol. The topological polar surface area (TPSA) is 52.4 Å². The van der Waals surface area contributed by atoms with Crippen LogP contribution in [0.3, 0.4) is 0 Å². The molecular weight excluding hydrogens is 312 g/mol. The Morgan fingerprint density at radius 1 is 1.20 bits per heavy atom. The van der Waals surface area contributed by atoms with Crippen LogP contribution < -0.4 is 4.90 Å². The van der Waals surface area contributed by atoms with E-state index in [0.717, 1.165) is 62.5 Å². The normalized spacial score (nSPS) is 22.0. The number of benzene rings is 1. The summed E-state index contributed by atoms with van der Waals surface area (Å²) in [6.45, 7) is 6.94. The summed E-state index contributed by atoms with van der Waals surface area (Å²) in [4.78, 5) is 9.38. The van der Waals surface area contributed by atoms with Crippen LogP contribution in [0.2, 0.25) is 0 Å². The number of aromatic nitrogens is 1. The Balaban J connectivity index is 1.58. The third-order valence-electron chi connectivity index (χ3n) is 5.32. The first kappa shape index (κ1) is 16.3. The van der Waals surface area contributed by atoms with E-state index in [0.29, 0.717) is 11.5 Å². The lowest BCUT2D eigenvalue weighted by atomic mass is 9.95. The second-order valence-electron chi connectivity index (χ2n) is 7.02. The quantitative estimate of drug-likeness (QED) is 0.862.